The van der Waals surface area contributed by atoms with Crippen molar-refractivity contribution in [3.05, 3.63) is 29.8 Å². The minimum absolute atomic E-state index is 0.143. The second-order valence-corrected chi connectivity index (χ2v) is 6.35. The standard InChI is InChI=1S/C20H33NO/c1-4-6-7-8-9-10-11-12-20(22)21-19-15-13-18(14-16-19)17(3)5-2/h13-17H,4-12H2,1-3H3,(H,21,22). The minimum atomic E-state index is 0.143. The average molecular weight is 303 g/mol. The lowest BCUT2D eigenvalue weighted by Crippen LogP contribution is -2.11. The topological polar surface area (TPSA) is 29.1 Å². The fourth-order valence-corrected chi connectivity index (χ4v) is 2.60. The number of amides is 1. The molecule has 124 valence electrons. The molecule has 0 fully saturated rings. The largest absolute Gasteiger partial charge is 0.326 e. The Labute approximate surface area is 136 Å². The maximum absolute atomic E-state index is 11.9. The van der Waals surface area contributed by atoms with Crippen LogP contribution in [0.15, 0.2) is 24.3 Å². The highest BCUT2D eigenvalue weighted by molar-refractivity contribution is 5.90. The van der Waals surface area contributed by atoms with Crippen LogP contribution in [0.25, 0.3) is 0 Å². The Kier molecular flexibility index (Phi) is 9.61. The SMILES string of the molecule is CCCCCCCCCC(=O)Nc1ccc(C(C)CC)cc1. The van der Waals surface area contributed by atoms with Gasteiger partial charge in [-0.2, -0.15) is 0 Å². The van der Waals surface area contributed by atoms with E-state index in [1.54, 1.807) is 0 Å². The van der Waals surface area contributed by atoms with Gasteiger partial charge in [0.05, 0.1) is 0 Å². The molecule has 1 N–H and O–H groups in total. The summed E-state index contributed by atoms with van der Waals surface area (Å²) in [7, 11) is 0. The third-order valence-corrected chi connectivity index (χ3v) is 4.38. The van der Waals surface area contributed by atoms with Gasteiger partial charge in [0.2, 0.25) is 5.91 Å². The van der Waals surface area contributed by atoms with E-state index in [1.165, 1.54) is 44.1 Å². The molecule has 2 nitrogen and oxygen atoms in total. The Balaban J connectivity index is 2.19. The highest BCUT2D eigenvalue weighted by Gasteiger charge is 2.05. The molecule has 0 heterocycles. The fraction of sp³-hybridized carbons (Fsp3) is 0.650. The van der Waals surface area contributed by atoms with E-state index in [0.29, 0.717) is 12.3 Å². The van der Waals surface area contributed by atoms with Gasteiger partial charge >= 0.3 is 0 Å². The van der Waals surface area contributed by atoms with Crippen LogP contribution in [0.5, 0.6) is 0 Å². The number of nitrogens with one attached hydrogen (secondary N) is 1. The van der Waals surface area contributed by atoms with Gasteiger partial charge < -0.3 is 5.32 Å². The van der Waals surface area contributed by atoms with Gasteiger partial charge in [-0.05, 0) is 36.5 Å². The van der Waals surface area contributed by atoms with Crippen LogP contribution in [-0.2, 0) is 4.79 Å². The molecule has 1 aromatic rings. The van der Waals surface area contributed by atoms with E-state index in [4.69, 9.17) is 0 Å². The van der Waals surface area contributed by atoms with E-state index in [-0.39, 0.29) is 5.91 Å². The van der Waals surface area contributed by atoms with Gasteiger partial charge in [-0.15, -0.1) is 0 Å². The van der Waals surface area contributed by atoms with Crippen molar-refractivity contribution in [3.63, 3.8) is 0 Å². The van der Waals surface area contributed by atoms with E-state index >= 15 is 0 Å². The maximum atomic E-state index is 11.9. The molecule has 0 saturated carbocycles. The summed E-state index contributed by atoms with van der Waals surface area (Å²) in [6.45, 7) is 6.66. The van der Waals surface area contributed by atoms with Crippen molar-refractivity contribution < 1.29 is 4.79 Å². The van der Waals surface area contributed by atoms with Gasteiger partial charge in [0.15, 0.2) is 0 Å². The molecule has 0 radical (unpaired) electrons. The molecule has 2 heteroatoms. The average Bonchev–Trinajstić information content (AvgIpc) is 2.54. The second-order valence-electron chi connectivity index (χ2n) is 6.35. The minimum Gasteiger partial charge on any atom is -0.326 e. The molecule has 1 rings (SSSR count). The number of carbonyl (C=O) groups is 1. The lowest BCUT2D eigenvalue weighted by Gasteiger charge is -2.10. The number of benzene rings is 1. The summed E-state index contributed by atoms with van der Waals surface area (Å²) >= 11 is 0. The summed E-state index contributed by atoms with van der Waals surface area (Å²) in [5, 5.41) is 3.00. The first kappa shape index (κ1) is 18.7. The third-order valence-electron chi connectivity index (χ3n) is 4.38. The van der Waals surface area contributed by atoms with Gasteiger partial charge in [-0.1, -0.05) is 71.4 Å². The molecule has 0 spiro atoms. The van der Waals surface area contributed by atoms with Crippen molar-refractivity contribution in [2.75, 3.05) is 5.32 Å². The summed E-state index contributed by atoms with van der Waals surface area (Å²) in [6.07, 6.45) is 10.5. The van der Waals surface area contributed by atoms with Crippen LogP contribution < -0.4 is 5.32 Å². The summed E-state index contributed by atoms with van der Waals surface area (Å²) < 4.78 is 0. The maximum Gasteiger partial charge on any atom is 0.224 e. The number of hydrogen-bond donors (Lipinski definition) is 1. The van der Waals surface area contributed by atoms with Crippen molar-refractivity contribution in [1.82, 2.24) is 0 Å². The van der Waals surface area contributed by atoms with Crippen molar-refractivity contribution in [2.24, 2.45) is 0 Å². The zero-order valence-corrected chi connectivity index (χ0v) is 14.7. The number of unbranched alkanes of at least 4 members (excludes halogenated alkanes) is 6. The highest BCUT2D eigenvalue weighted by atomic mass is 16.1. The first-order valence-corrected chi connectivity index (χ1v) is 9.07. The monoisotopic (exact) mass is 303 g/mol. The molecular formula is C20H33NO. The molecule has 0 aliphatic carbocycles. The summed E-state index contributed by atoms with van der Waals surface area (Å²) in [4.78, 5) is 11.9. The molecule has 1 atom stereocenters. The zero-order valence-electron chi connectivity index (χ0n) is 14.7. The molecule has 0 aliphatic heterocycles. The molecular weight excluding hydrogens is 270 g/mol. The summed E-state index contributed by atoms with van der Waals surface area (Å²) in [5.74, 6) is 0.724. The second kappa shape index (κ2) is 11.3. The highest BCUT2D eigenvalue weighted by Crippen LogP contribution is 2.20. The molecule has 22 heavy (non-hydrogen) atoms. The smallest absolute Gasteiger partial charge is 0.224 e. The van der Waals surface area contributed by atoms with Crippen LogP contribution >= 0.6 is 0 Å². The summed E-state index contributed by atoms with van der Waals surface area (Å²) in [6, 6.07) is 8.28. The van der Waals surface area contributed by atoms with Crippen LogP contribution in [-0.4, -0.2) is 5.91 Å². The van der Waals surface area contributed by atoms with E-state index in [2.05, 4.69) is 38.2 Å². The number of hydrogen-bond acceptors (Lipinski definition) is 1. The molecule has 0 aliphatic rings. The molecule has 0 bridgehead atoms. The number of carbonyl (C=O) groups excluding carboxylic acids is 1. The Morgan fingerprint density at radius 3 is 2.14 bits per heavy atom. The van der Waals surface area contributed by atoms with Crippen molar-refractivity contribution in [2.45, 2.75) is 84.5 Å². The predicted octanol–water partition coefficient (Wildman–Crippen LogP) is 6.28. The fourth-order valence-electron chi connectivity index (χ4n) is 2.60. The van der Waals surface area contributed by atoms with Gasteiger partial charge in [0.1, 0.15) is 0 Å². The Morgan fingerprint density at radius 2 is 1.55 bits per heavy atom. The lowest BCUT2D eigenvalue weighted by atomic mass is 9.98. The van der Waals surface area contributed by atoms with Crippen LogP contribution in [0.3, 0.4) is 0 Å². The van der Waals surface area contributed by atoms with Crippen molar-refractivity contribution in [1.29, 1.82) is 0 Å². The van der Waals surface area contributed by atoms with Crippen molar-refractivity contribution in [3.8, 4) is 0 Å². The zero-order chi connectivity index (χ0) is 16.2. The van der Waals surface area contributed by atoms with Gasteiger partial charge in [-0.25, -0.2) is 0 Å². The number of anilines is 1. The lowest BCUT2D eigenvalue weighted by molar-refractivity contribution is -0.116. The van der Waals surface area contributed by atoms with Crippen LogP contribution in [0, 0.1) is 0 Å². The van der Waals surface area contributed by atoms with Gasteiger partial charge in [-0.3, -0.25) is 4.79 Å². The molecule has 1 amide bonds. The quantitative estimate of drug-likeness (QED) is 0.479. The Hall–Kier alpha value is -1.31. The molecule has 0 saturated heterocycles. The molecule has 1 unspecified atom stereocenters. The Bertz CT molecular complexity index is 410. The van der Waals surface area contributed by atoms with E-state index in [9.17, 15) is 4.79 Å². The first-order valence-electron chi connectivity index (χ1n) is 9.07. The normalized spacial score (nSPS) is 12.1. The van der Waals surface area contributed by atoms with Gasteiger partial charge in [0, 0.05) is 12.1 Å². The number of rotatable bonds is 11. The Morgan fingerprint density at radius 1 is 0.955 bits per heavy atom. The third kappa shape index (κ3) is 7.63. The first-order chi connectivity index (χ1) is 10.7. The van der Waals surface area contributed by atoms with E-state index < -0.39 is 0 Å². The van der Waals surface area contributed by atoms with Crippen molar-refractivity contribution >= 4 is 11.6 Å². The van der Waals surface area contributed by atoms with Crippen LogP contribution in [0.2, 0.25) is 0 Å². The van der Waals surface area contributed by atoms with Crippen LogP contribution in [0.4, 0.5) is 5.69 Å². The molecule has 0 aromatic heterocycles. The predicted molar refractivity (Wildman–Crippen MR) is 96.4 cm³/mol. The van der Waals surface area contributed by atoms with E-state index in [0.717, 1.165) is 18.5 Å². The summed E-state index contributed by atoms with van der Waals surface area (Å²) in [5.41, 5.74) is 2.26. The molecule has 1 aromatic carbocycles. The van der Waals surface area contributed by atoms with E-state index in [1.807, 2.05) is 12.1 Å². The van der Waals surface area contributed by atoms with Gasteiger partial charge in [0.25, 0.3) is 0 Å². The van der Waals surface area contributed by atoms with Crippen LogP contribution in [0.1, 0.15) is 90.0 Å².